The Morgan fingerprint density at radius 2 is 1.92 bits per heavy atom. The largest absolute Gasteiger partial charge is 0.380 e. The average molecular weight is 361 g/mol. The highest BCUT2D eigenvalue weighted by molar-refractivity contribution is 7.91. The lowest BCUT2D eigenvalue weighted by atomic mass is 9.93. The zero-order chi connectivity index (χ0) is 18.6. The van der Waals surface area contributed by atoms with E-state index >= 15 is 0 Å². The molecule has 0 aliphatic carbocycles. The Balaban J connectivity index is 2.79. The molecule has 1 amide bonds. The fraction of sp³-hybridized carbons (Fsp3) is 0.733. The van der Waals surface area contributed by atoms with Crippen molar-refractivity contribution in [2.75, 3.05) is 25.1 Å². The summed E-state index contributed by atoms with van der Waals surface area (Å²) in [4.78, 5) is 12.4. The number of rotatable bonds is 8. The summed E-state index contributed by atoms with van der Waals surface area (Å²) in [6.45, 7) is 11.1. The molecule has 0 saturated heterocycles. The number of ether oxygens (including phenoxy) is 1. The van der Waals surface area contributed by atoms with Gasteiger partial charge in [-0.25, -0.2) is 13.1 Å². The number of anilines is 1. The first-order valence-electron chi connectivity index (χ1n) is 7.77. The average Bonchev–Trinajstić information content (AvgIpc) is 2.92. The molecule has 8 nitrogen and oxygen atoms in total. The first kappa shape index (κ1) is 20.6. The van der Waals surface area contributed by atoms with Crippen LogP contribution < -0.4 is 10.0 Å². The minimum absolute atomic E-state index is 0.102. The molecule has 0 fully saturated rings. The van der Waals surface area contributed by atoms with Crippen molar-refractivity contribution < 1.29 is 22.5 Å². The molecule has 0 aliphatic rings. The third-order valence-electron chi connectivity index (χ3n) is 3.45. The molecule has 0 saturated carbocycles. The predicted octanol–water partition coefficient (Wildman–Crippen LogP) is 1.65. The van der Waals surface area contributed by atoms with E-state index in [1.165, 1.54) is 13.8 Å². The van der Waals surface area contributed by atoms with Crippen molar-refractivity contribution >= 4 is 21.7 Å². The monoisotopic (exact) mass is 361 g/mol. The Labute approximate surface area is 143 Å². The number of amides is 1. The highest BCUT2D eigenvalue weighted by Gasteiger charge is 2.42. The third kappa shape index (κ3) is 5.02. The molecule has 1 aromatic heterocycles. The lowest BCUT2D eigenvalue weighted by Gasteiger charge is -2.23. The topological polar surface area (TPSA) is 111 Å². The molecular weight excluding hydrogens is 334 g/mol. The molecule has 9 heteroatoms. The van der Waals surface area contributed by atoms with Crippen LogP contribution in [0.15, 0.2) is 10.6 Å². The highest BCUT2D eigenvalue weighted by Crippen LogP contribution is 2.25. The van der Waals surface area contributed by atoms with Gasteiger partial charge in [0, 0.05) is 24.6 Å². The fourth-order valence-corrected chi connectivity index (χ4v) is 2.66. The second-order valence-electron chi connectivity index (χ2n) is 6.89. The molecule has 1 rings (SSSR count). The molecule has 138 valence electrons. The minimum Gasteiger partial charge on any atom is -0.380 e. The van der Waals surface area contributed by atoms with E-state index in [1.807, 2.05) is 27.7 Å². The Morgan fingerprint density at radius 1 is 1.29 bits per heavy atom. The maximum absolute atomic E-state index is 12.4. The summed E-state index contributed by atoms with van der Waals surface area (Å²) in [5.74, 6) is 0.0796. The first-order valence-corrected chi connectivity index (χ1v) is 9.25. The van der Waals surface area contributed by atoms with Gasteiger partial charge in [-0.2, -0.15) is 0 Å². The minimum atomic E-state index is -3.88. The summed E-state index contributed by atoms with van der Waals surface area (Å²) in [7, 11) is -3.88. The van der Waals surface area contributed by atoms with Gasteiger partial charge in [0.2, 0.25) is 15.9 Å². The maximum atomic E-state index is 12.4. The molecular formula is C15H27N3O5S. The Kier molecular flexibility index (Phi) is 6.54. The SMILES string of the molecule is CCOCCNS(=O)(=O)C(C)(C)C(=O)Nc1cc(C(C)(C)C)on1. The van der Waals surface area contributed by atoms with E-state index in [0.717, 1.165) is 0 Å². The molecule has 0 bridgehead atoms. The summed E-state index contributed by atoms with van der Waals surface area (Å²) in [6.07, 6.45) is 0. The zero-order valence-electron chi connectivity index (χ0n) is 15.1. The summed E-state index contributed by atoms with van der Waals surface area (Å²) in [6, 6.07) is 1.59. The molecule has 0 unspecified atom stereocenters. The van der Waals surface area contributed by atoms with Crippen LogP contribution >= 0.6 is 0 Å². The molecule has 1 heterocycles. The Bertz CT molecular complexity index is 659. The van der Waals surface area contributed by atoms with Crippen LogP contribution in [0, 0.1) is 0 Å². The number of carbonyl (C=O) groups is 1. The molecule has 0 radical (unpaired) electrons. The Hall–Kier alpha value is -1.45. The number of hydrogen-bond donors (Lipinski definition) is 2. The van der Waals surface area contributed by atoms with Gasteiger partial charge in [-0.1, -0.05) is 25.9 Å². The van der Waals surface area contributed by atoms with E-state index in [0.29, 0.717) is 12.4 Å². The van der Waals surface area contributed by atoms with Crippen LogP contribution in [0.25, 0.3) is 0 Å². The van der Waals surface area contributed by atoms with Crippen molar-refractivity contribution in [1.29, 1.82) is 0 Å². The number of nitrogens with zero attached hydrogens (tertiary/aromatic N) is 1. The van der Waals surface area contributed by atoms with Gasteiger partial charge in [0.05, 0.1) is 6.61 Å². The first-order chi connectivity index (χ1) is 10.9. The smallest absolute Gasteiger partial charge is 0.247 e. The number of carbonyl (C=O) groups excluding carboxylic acids is 1. The molecule has 0 spiro atoms. The fourth-order valence-electron chi connectivity index (χ4n) is 1.65. The predicted molar refractivity (Wildman–Crippen MR) is 91.3 cm³/mol. The quantitative estimate of drug-likeness (QED) is 0.681. The molecule has 0 atom stereocenters. The lowest BCUT2D eigenvalue weighted by molar-refractivity contribution is -0.117. The summed E-state index contributed by atoms with van der Waals surface area (Å²) >= 11 is 0. The summed E-state index contributed by atoms with van der Waals surface area (Å²) in [5, 5.41) is 6.25. The van der Waals surface area contributed by atoms with E-state index in [9.17, 15) is 13.2 Å². The van der Waals surface area contributed by atoms with E-state index in [1.54, 1.807) is 6.07 Å². The normalized spacial score (nSPS) is 13.1. The zero-order valence-corrected chi connectivity index (χ0v) is 15.9. The van der Waals surface area contributed by atoms with Crippen LogP contribution in [0.1, 0.15) is 47.3 Å². The number of nitrogens with one attached hydrogen (secondary N) is 2. The van der Waals surface area contributed by atoms with Crippen molar-refractivity contribution in [3.05, 3.63) is 11.8 Å². The van der Waals surface area contributed by atoms with Crippen LogP contribution in [0.2, 0.25) is 0 Å². The highest BCUT2D eigenvalue weighted by atomic mass is 32.2. The van der Waals surface area contributed by atoms with E-state index in [4.69, 9.17) is 9.26 Å². The van der Waals surface area contributed by atoms with Crippen molar-refractivity contribution in [2.45, 2.75) is 51.7 Å². The van der Waals surface area contributed by atoms with E-state index in [-0.39, 0.29) is 24.4 Å². The van der Waals surface area contributed by atoms with Crippen LogP contribution in [-0.2, 0) is 25.0 Å². The van der Waals surface area contributed by atoms with Crippen molar-refractivity contribution in [3.8, 4) is 0 Å². The summed E-state index contributed by atoms with van der Waals surface area (Å²) in [5.41, 5.74) is -0.265. The van der Waals surface area contributed by atoms with Gasteiger partial charge in [-0.3, -0.25) is 4.79 Å². The van der Waals surface area contributed by atoms with E-state index in [2.05, 4.69) is 15.2 Å². The van der Waals surface area contributed by atoms with Crippen molar-refractivity contribution in [2.24, 2.45) is 0 Å². The van der Waals surface area contributed by atoms with Gasteiger partial charge in [0.15, 0.2) is 10.6 Å². The second kappa shape index (κ2) is 7.62. The van der Waals surface area contributed by atoms with Gasteiger partial charge in [0.1, 0.15) is 5.76 Å². The van der Waals surface area contributed by atoms with Crippen LogP contribution in [0.5, 0.6) is 0 Å². The van der Waals surface area contributed by atoms with Crippen LogP contribution in [-0.4, -0.2) is 44.0 Å². The van der Waals surface area contributed by atoms with Gasteiger partial charge >= 0.3 is 0 Å². The van der Waals surface area contributed by atoms with Crippen LogP contribution in [0.3, 0.4) is 0 Å². The second-order valence-corrected chi connectivity index (χ2v) is 9.20. The van der Waals surface area contributed by atoms with Crippen molar-refractivity contribution in [3.63, 3.8) is 0 Å². The maximum Gasteiger partial charge on any atom is 0.247 e. The standard InChI is InChI=1S/C15H27N3O5S/c1-7-22-9-8-16-24(20,21)15(5,6)13(19)17-12-10-11(23-18-12)14(2,3)4/h10,16H,7-9H2,1-6H3,(H,17,18,19). The number of sulfonamides is 1. The molecule has 2 N–H and O–H groups in total. The van der Waals surface area contributed by atoms with Crippen molar-refractivity contribution in [1.82, 2.24) is 9.88 Å². The van der Waals surface area contributed by atoms with E-state index < -0.39 is 20.7 Å². The third-order valence-corrected chi connectivity index (χ3v) is 5.57. The Morgan fingerprint density at radius 3 is 2.42 bits per heavy atom. The van der Waals surface area contributed by atoms with Gasteiger partial charge in [0.25, 0.3) is 0 Å². The molecule has 0 aromatic carbocycles. The molecule has 24 heavy (non-hydrogen) atoms. The molecule has 1 aromatic rings. The van der Waals surface area contributed by atoms with Gasteiger partial charge in [-0.05, 0) is 20.8 Å². The lowest BCUT2D eigenvalue weighted by Crippen LogP contribution is -2.50. The molecule has 0 aliphatic heterocycles. The summed E-state index contributed by atoms with van der Waals surface area (Å²) < 4.78 is 35.6. The van der Waals surface area contributed by atoms with Crippen LogP contribution in [0.4, 0.5) is 5.82 Å². The number of aromatic nitrogens is 1. The van der Waals surface area contributed by atoms with Gasteiger partial charge in [-0.15, -0.1) is 0 Å². The number of hydrogen-bond acceptors (Lipinski definition) is 6. The van der Waals surface area contributed by atoms with Gasteiger partial charge < -0.3 is 14.6 Å².